The minimum atomic E-state index is -2.98. The minimum absolute atomic E-state index is 0.0338. The molecule has 21 aliphatic heterocycles. The second kappa shape index (κ2) is 54.3. The van der Waals surface area contributed by atoms with Gasteiger partial charge in [-0.25, -0.2) is 0 Å². The van der Waals surface area contributed by atoms with Gasteiger partial charge in [0.2, 0.25) is 0 Å². The van der Waals surface area contributed by atoms with Crippen molar-refractivity contribution in [2.45, 2.75) is 622 Å². The molecule has 21 aliphatic rings. The highest BCUT2D eigenvalue weighted by Crippen LogP contribution is 2.53. The summed E-state index contributed by atoms with van der Waals surface area (Å²) in [6.45, 7) is 85.1. The van der Waals surface area contributed by atoms with Crippen LogP contribution in [0.3, 0.4) is 0 Å². The molecule has 0 aromatic rings. The molecule has 21 rings (SSSR count). The van der Waals surface area contributed by atoms with E-state index in [1.807, 2.05) is 0 Å². The largest absolute Gasteiger partial charge is 0.413 e. The van der Waals surface area contributed by atoms with E-state index in [1.54, 1.807) is 0 Å². The first-order chi connectivity index (χ1) is 68.0. The quantitative estimate of drug-likeness (QED) is 0.0252. The van der Waals surface area contributed by atoms with Crippen molar-refractivity contribution in [3.8, 4) is 0 Å². The number of aliphatic hydroxyl groups excluding tert-OH is 14. The van der Waals surface area contributed by atoms with Crippen LogP contribution >= 0.6 is 0 Å². The molecule has 21 fully saturated rings. The molecular formula is C105H210O35Si7. The molecule has 35 atom stereocenters. The zero-order chi connectivity index (χ0) is 112. The molecule has 0 spiro atoms. The molecule has 0 aromatic carbocycles. The smallest absolute Gasteiger partial charge is 0.200 e. The highest BCUT2D eigenvalue weighted by molar-refractivity contribution is 6.80. The molecule has 0 aromatic heterocycles. The van der Waals surface area contributed by atoms with E-state index in [9.17, 15) is 71.5 Å². The molecule has 0 radical (unpaired) electrons. The first-order valence-corrected chi connectivity index (χ1v) is 71.1. The lowest BCUT2D eigenvalue weighted by molar-refractivity contribution is -0.396. The fourth-order valence-corrected chi connectivity index (χ4v) is 67.6. The van der Waals surface area contributed by atoms with Crippen LogP contribution in [-0.4, -0.2) is 391 Å². The zero-order valence-electron chi connectivity index (χ0n) is 97.6. The second-order valence-corrected chi connectivity index (χ2v) is 89.0. The van der Waals surface area contributed by atoms with Crippen molar-refractivity contribution in [2.24, 2.45) is 0 Å². The van der Waals surface area contributed by atoms with E-state index in [0.29, 0.717) is 0 Å². The summed E-state index contributed by atoms with van der Waals surface area (Å²) < 4.78 is 149. The molecule has 0 saturated carbocycles. The van der Waals surface area contributed by atoms with Crippen LogP contribution in [0.2, 0.25) is 116 Å². The van der Waals surface area contributed by atoms with Crippen molar-refractivity contribution in [1.82, 2.24) is 0 Å². The van der Waals surface area contributed by atoms with Gasteiger partial charge in [-0.05, 0) is 116 Å². The molecule has 21 saturated heterocycles. The molecule has 0 amide bonds. The van der Waals surface area contributed by atoms with Gasteiger partial charge in [-0.1, -0.05) is 291 Å². The number of ether oxygens (including phenoxy) is 14. The Morgan fingerprint density at radius 3 is 0.272 bits per heavy atom. The summed E-state index contributed by atoms with van der Waals surface area (Å²) in [5.41, 5.74) is -0.710. The zero-order valence-corrected chi connectivity index (χ0v) is 105. The minimum Gasteiger partial charge on any atom is -0.413 e. The topological polar surface area (TPSA) is 477 Å². The van der Waals surface area contributed by atoms with Gasteiger partial charge in [-0.15, -0.1) is 0 Å². The summed E-state index contributed by atoms with van der Waals surface area (Å²) >= 11 is 0. The van der Waals surface area contributed by atoms with E-state index in [-0.39, 0.29) is 163 Å². The Hall–Kier alpha value is 0.118. The summed E-state index contributed by atoms with van der Waals surface area (Å²) in [5, 5.41) is 185. The van der Waals surface area contributed by atoms with Crippen LogP contribution in [0.25, 0.3) is 0 Å². The molecule has 14 N–H and O–H groups in total. The van der Waals surface area contributed by atoms with Crippen LogP contribution in [0.1, 0.15) is 291 Å². The molecular weight excluding hydrogens is 2020 g/mol. The van der Waals surface area contributed by atoms with Gasteiger partial charge in [-0.2, -0.15) is 0 Å². The predicted octanol–water partition coefficient (Wildman–Crippen LogP) is 14.2. The fourth-order valence-electron chi connectivity index (χ4n) is 29.4. The van der Waals surface area contributed by atoms with E-state index >= 15 is 0 Å². The molecule has 0 aliphatic carbocycles. The Kier molecular flexibility index (Phi) is 48.8. The fraction of sp³-hybridized carbons (Fsp3) is 1.00. The van der Waals surface area contributed by atoms with Gasteiger partial charge >= 0.3 is 0 Å². The molecule has 868 valence electrons. The summed E-state index contributed by atoms with van der Waals surface area (Å²) in [6, 6.07) is 0. The van der Waals surface area contributed by atoms with Gasteiger partial charge in [0.25, 0.3) is 0 Å². The van der Waals surface area contributed by atoms with Gasteiger partial charge in [0, 0.05) is 0 Å². The highest BCUT2D eigenvalue weighted by atomic mass is 28.4. The summed E-state index contributed by atoms with van der Waals surface area (Å²) in [7, 11) is -20.9. The van der Waals surface area contributed by atoms with Crippen LogP contribution in [-0.2, 0) is 97.3 Å². The Morgan fingerprint density at radius 1 is 0.129 bits per heavy atom. The Labute approximate surface area is 890 Å². The van der Waals surface area contributed by atoms with Crippen LogP contribution < -0.4 is 0 Å². The number of hydrogen-bond acceptors (Lipinski definition) is 35. The van der Waals surface area contributed by atoms with Crippen LogP contribution in [0.5, 0.6) is 0 Å². The van der Waals surface area contributed by atoms with Crippen LogP contribution in [0.15, 0.2) is 0 Å². The third kappa shape index (κ3) is 26.9. The molecule has 14 bridgehead atoms. The molecule has 0 unspecified atom stereocenters. The second-order valence-electron chi connectivity index (χ2n) is 50.8. The Balaban J connectivity index is 1.42. The first-order valence-electron chi connectivity index (χ1n) is 56.2. The third-order valence-corrected chi connectivity index (χ3v) is 78.5. The SMILES string of the molecule is CC(C)[Si](OC[C@H]1O[C@@H]2O[C@H]3[C@H](O)[C@@H](O)[C@@H](O[C@H]4[C@H](O)[C@@H](O)[C@@H](O[C@H]5[C@H](O)[C@@H](O)[C@@H](O[C@H]6[C@H](O)[C@@H](O)[C@@H](O[C@H]7[C@H](O)[C@@H](O)[C@@H](O[C@H]8[C@H](O)[C@@H](O)[C@@H](O[C@H]1[C@H](O)[C@H]2O)O[C@@H]8CO[Si](C(C)C)(C(C)C)C(C)C)O[C@@H]7CO[Si](C(C)C)(C(C)C)C(C)C)O[C@@H]6CO[Si](C(C)C)(C(C)C)C(C)C)O[C@@H]5CO[Si](C(C)C)(C(C)C)C(C)C)O[C@@H]4CO[Si](C(C)C)(C(C)C)C(C)C)O[C@@H]3CO[Si](C(C)C)(C(C)C)C(C)C)(C(C)C)C(C)C. The summed E-state index contributed by atoms with van der Waals surface area (Å²) in [5.74, 6) is 0. The first kappa shape index (κ1) is 132. The lowest BCUT2D eigenvalue weighted by atomic mass is 9.95. The maximum absolute atomic E-state index is 13.3. The number of aliphatic hydroxyl groups is 14. The van der Waals surface area contributed by atoms with Crippen molar-refractivity contribution in [2.75, 3.05) is 46.2 Å². The lowest BCUT2D eigenvalue weighted by Gasteiger charge is -2.52. The average molecular weight is 2230 g/mol. The number of rotatable bonds is 42. The highest BCUT2D eigenvalue weighted by Gasteiger charge is 2.65. The van der Waals surface area contributed by atoms with Crippen molar-refractivity contribution < 1.29 is 169 Å². The van der Waals surface area contributed by atoms with E-state index < -0.39 is 273 Å². The summed E-state index contributed by atoms with van der Waals surface area (Å²) in [4.78, 5) is 0. The van der Waals surface area contributed by atoms with Gasteiger partial charge in [0.05, 0.1) is 46.2 Å². The van der Waals surface area contributed by atoms with Crippen molar-refractivity contribution >= 4 is 58.2 Å². The molecule has 35 nitrogen and oxygen atoms in total. The monoisotopic (exact) mass is 2230 g/mol. The van der Waals surface area contributed by atoms with Crippen molar-refractivity contribution in [3.05, 3.63) is 0 Å². The van der Waals surface area contributed by atoms with Crippen LogP contribution in [0, 0.1) is 0 Å². The molecule has 42 heteroatoms. The lowest BCUT2D eigenvalue weighted by Crippen LogP contribution is -2.69. The van der Waals surface area contributed by atoms with E-state index in [2.05, 4.69) is 291 Å². The van der Waals surface area contributed by atoms with Crippen LogP contribution in [0.4, 0.5) is 0 Å². The molecule has 147 heavy (non-hydrogen) atoms. The van der Waals surface area contributed by atoms with Gasteiger partial charge in [0.1, 0.15) is 171 Å². The van der Waals surface area contributed by atoms with E-state index in [0.717, 1.165) is 0 Å². The normalized spacial score (nSPS) is 36.4. The maximum Gasteiger partial charge on any atom is 0.200 e. The van der Waals surface area contributed by atoms with E-state index in [1.165, 1.54) is 0 Å². The van der Waals surface area contributed by atoms with Crippen molar-refractivity contribution in [3.63, 3.8) is 0 Å². The average Bonchev–Trinajstić information content (AvgIpc) is 0.947. The van der Waals surface area contributed by atoms with Crippen molar-refractivity contribution in [1.29, 1.82) is 0 Å². The Bertz CT molecular complexity index is 3040. The summed E-state index contributed by atoms with van der Waals surface area (Å²) in [6.07, 6.45) is -65.8. The number of hydrogen-bond donors (Lipinski definition) is 14. The maximum atomic E-state index is 13.3. The Morgan fingerprint density at radius 2 is 0.204 bits per heavy atom. The molecule has 21 heterocycles. The van der Waals surface area contributed by atoms with E-state index in [4.69, 9.17) is 97.3 Å². The standard InChI is InChI=1S/C105H210O35Si7/c1-50(2)141(51(3)4,52(5)6)120-43-71-92-78(106)85(113)99(127-71)135-93-72(44-121-142(53(7)8,54(9)10)55(11)12)129-101(87(115)80(93)108)137-95-74(46-123-144(59(19)20,60(21)22)61(23)24)131-103(89(117)82(95)110)139-97-76(48-125-146(65(31)32,66(33)34)67(35)36)133-105(91(119)84(97)112)140-98-77(49-126-147(68(37)38,69(39)40)70(41)42)132-104(90(118)83(98)111)138-96-75(47-124-145(62(25)26,63(27)28)64(29)30)130-102(88(116)81(96)109)136-94-73(128-100(134-92)86(114)79(94)107)45-122-143(56(13)14,57(15)16)58(17)18/h50-119H,43-49H2,1-42H3/t71-,72-,73-,74-,75-,76-,77-,78-,79-,80-,81-,82-,83-,84-,85-,86-,87-,88-,89-,90-,91-,92-,93-,94-,95-,96-,97-,98-,99-,100-,101-,102-,103-,104-,105-/m1/s1. The van der Waals surface area contributed by atoms with Gasteiger partial charge < -0.3 is 169 Å². The van der Waals surface area contributed by atoms with Gasteiger partial charge in [-0.3, -0.25) is 0 Å². The van der Waals surface area contributed by atoms with Gasteiger partial charge in [0.15, 0.2) is 102 Å². The third-order valence-electron chi connectivity index (χ3n) is 36.0. The predicted molar refractivity (Wildman–Crippen MR) is 578 cm³/mol.